The van der Waals surface area contributed by atoms with Crippen molar-refractivity contribution in [1.29, 1.82) is 0 Å². The molecule has 2 aliphatic heterocycles. The maximum absolute atomic E-state index is 12.3. The average Bonchev–Trinajstić information content (AvgIpc) is 3.12. The molecule has 138 valence electrons. The lowest BCUT2D eigenvalue weighted by atomic mass is 9.87. The first-order valence-electron chi connectivity index (χ1n) is 8.75. The van der Waals surface area contributed by atoms with E-state index in [1.54, 1.807) is 6.07 Å². The summed E-state index contributed by atoms with van der Waals surface area (Å²) in [6.07, 6.45) is 3.27. The number of esters is 2. The molecule has 26 heavy (non-hydrogen) atoms. The Morgan fingerprint density at radius 2 is 2.00 bits per heavy atom. The normalized spacial score (nSPS) is 25.0. The van der Waals surface area contributed by atoms with E-state index in [4.69, 9.17) is 13.9 Å². The van der Waals surface area contributed by atoms with Gasteiger partial charge in [-0.3, -0.25) is 0 Å². The van der Waals surface area contributed by atoms with Gasteiger partial charge in [-0.1, -0.05) is 24.3 Å². The van der Waals surface area contributed by atoms with Crippen LogP contribution in [0.4, 0.5) is 0 Å². The Labute approximate surface area is 153 Å². The van der Waals surface area contributed by atoms with Crippen molar-refractivity contribution >= 4 is 11.9 Å². The van der Waals surface area contributed by atoms with Crippen LogP contribution in [-0.2, 0) is 20.7 Å². The summed E-state index contributed by atoms with van der Waals surface area (Å²) in [4.78, 5) is 24.5. The SMILES string of the molecule is C=C(C)[C@@H]1CCC2=C[C@@H](OC2=O)[C@H](C(=C)C)c2cc(C(=O)OC)c(o2)C1. The van der Waals surface area contributed by atoms with Crippen molar-refractivity contribution in [3.8, 4) is 0 Å². The Morgan fingerprint density at radius 1 is 1.27 bits per heavy atom. The minimum absolute atomic E-state index is 0.0894. The molecule has 5 heteroatoms. The van der Waals surface area contributed by atoms with E-state index in [9.17, 15) is 9.59 Å². The van der Waals surface area contributed by atoms with Crippen molar-refractivity contribution in [3.05, 3.63) is 59.1 Å². The van der Waals surface area contributed by atoms with Gasteiger partial charge in [0.2, 0.25) is 0 Å². The second-order valence-electron chi connectivity index (χ2n) is 7.15. The van der Waals surface area contributed by atoms with Gasteiger partial charge in [-0.15, -0.1) is 0 Å². The maximum atomic E-state index is 12.3. The largest absolute Gasteiger partial charge is 0.465 e. The van der Waals surface area contributed by atoms with Crippen LogP contribution in [0.5, 0.6) is 0 Å². The molecule has 0 aliphatic carbocycles. The number of carbonyl (C=O) groups is 2. The highest BCUT2D eigenvalue weighted by molar-refractivity contribution is 5.92. The van der Waals surface area contributed by atoms with Crippen molar-refractivity contribution in [2.75, 3.05) is 7.11 Å². The van der Waals surface area contributed by atoms with Crippen LogP contribution in [0.1, 0.15) is 54.5 Å². The van der Waals surface area contributed by atoms with E-state index in [1.165, 1.54) is 7.11 Å². The predicted octanol–water partition coefficient (Wildman–Crippen LogP) is 4.11. The summed E-state index contributed by atoms with van der Waals surface area (Å²) in [5.41, 5.74) is 2.88. The summed E-state index contributed by atoms with van der Waals surface area (Å²) < 4.78 is 16.6. The number of allylic oxidation sites excluding steroid dienone is 1. The third-order valence-corrected chi connectivity index (χ3v) is 5.16. The van der Waals surface area contributed by atoms with Gasteiger partial charge in [0, 0.05) is 12.0 Å². The Balaban J connectivity index is 2.14. The van der Waals surface area contributed by atoms with Crippen LogP contribution in [-0.4, -0.2) is 25.2 Å². The monoisotopic (exact) mass is 356 g/mol. The zero-order valence-electron chi connectivity index (χ0n) is 15.5. The maximum Gasteiger partial charge on any atom is 0.341 e. The molecule has 4 bridgehead atoms. The Bertz CT molecular complexity index is 810. The molecule has 0 amide bonds. The summed E-state index contributed by atoms with van der Waals surface area (Å²) in [6.45, 7) is 11.9. The molecule has 0 saturated heterocycles. The van der Waals surface area contributed by atoms with Crippen molar-refractivity contribution in [3.63, 3.8) is 0 Å². The van der Waals surface area contributed by atoms with Crippen LogP contribution < -0.4 is 0 Å². The highest BCUT2D eigenvalue weighted by atomic mass is 16.5. The van der Waals surface area contributed by atoms with Gasteiger partial charge in [-0.2, -0.15) is 0 Å². The van der Waals surface area contributed by atoms with E-state index in [-0.39, 0.29) is 17.8 Å². The first-order valence-corrected chi connectivity index (χ1v) is 8.75. The summed E-state index contributed by atoms with van der Waals surface area (Å²) >= 11 is 0. The number of hydrogen-bond acceptors (Lipinski definition) is 5. The van der Waals surface area contributed by atoms with Gasteiger partial charge in [0.05, 0.1) is 13.0 Å². The lowest BCUT2D eigenvalue weighted by Gasteiger charge is -2.20. The summed E-state index contributed by atoms with van der Waals surface area (Å²) in [7, 11) is 1.35. The number of fused-ring (bicyclic) bond motifs is 3. The molecule has 0 radical (unpaired) electrons. The average molecular weight is 356 g/mol. The minimum atomic E-state index is -0.471. The second-order valence-corrected chi connectivity index (χ2v) is 7.15. The Morgan fingerprint density at radius 3 is 2.62 bits per heavy atom. The standard InChI is InChI=1S/C21H24O5/c1-11(2)13-6-7-14-9-17(26-20(14)22)19(12(3)4)18-10-15(21(23)24-5)16(8-13)25-18/h9-10,13,17,19H,1,3,6-8H2,2,4-5H3/t13-,17-,19+/m1/s1. The summed E-state index contributed by atoms with van der Waals surface area (Å²) in [6, 6.07) is 1.69. The van der Waals surface area contributed by atoms with E-state index < -0.39 is 12.1 Å². The highest BCUT2D eigenvalue weighted by Gasteiger charge is 2.37. The summed E-state index contributed by atoms with van der Waals surface area (Å²) in [5, 5.41) is 0. The number of methoxy groups -OCH3 is 1. The smallest absolute Gasteiger partial charge is 0.341 e. The fourth-order valence-corrected chi connectivity index (χ4v) is 3.65. The quantitative estimate of drug-likeness (QED) is 0.602. The van der Waals surface area contributed by atoms with Gasteiger partial charge in [0.25, 0.3) is 0 Å². The van der Waals surface area contributed by atoms with Gasteiger partial charge < -0.3 is 13.9 Å². The molecule has 0 spiro atoms. The first-order chi connectivity index (χ1) is 12.3. The zero-order valence-corrected chi connectivity index (χ0v) is 15.5. The van der Waals surface area contributed by atoms with Crippen LogP contribution >= 0.6 is 0 Å². The molecular weight excluding hydrogens is 332 g/mol. The van der Waals surface area contributed by atoms with Crippen molar-refractivity contribution in [1.82, 2.24) is 0 Å². The molecule has 0 unspecified atom stereocenters. The number of carbonyl (C=O) groups excluding carboxylic acids is 2. The molecule has 2 aliphatic rings. The van der Waals surface area contributed by atoms with E-state index >= 15 is 0 Å². The molecule has 3 heterocycles. The van der Waals surface area contributed by atoms with Crippen LogP contribution in [0.2, 0.25) is 0 Å². The topological polar surface area (TPSA) is 65.7 Å². The van der Waals surface area contributed by atoms with Gasteiger partial charge in [-0.25, -0.2) is 9.59 Å². The fraction of sp³-hybridized carbons (Fsp3) is 0.429. The van der Waals surface area contributed by atoms with Crippen LogP contribution in [0.15, 0.2) is 46.4 Å². The molecule has 5 nitrogen and oxygen atoms in total. The van der Waals surface area contributed by atoms with Gasteiger partial charge >= 0.3 is 11.9 Å². The molecular formula is C21H24O5. The van der Waals surface area contributed by atoms with Crippen LogP contribution in [0.3, 0.4) is 0 Å². The molecule has 0 fully saturated rings. The second kappa shape index (κ2) is 6.98. The molecule has 3 atom stereocenters. The van der Waals surface area contributed by atoms with E-state index in [1.807, 2.05) is 19.9 Å². The molecule has 3 rings (SSSR count). The lowest BCUT2D eigenvalue weighted by Crippen LogP contribution is -2.19. The predicted molar refractivity (Wildman–Crippen MR) is 96.8 cm³/mol. The third kappa shape index (κ3) is 3.26. The van der Waals surface area contributed by atoms with E-state index in [0.29, 0.717) is 35.5 Å². The highest BCUT2D eigenvalue weighted by Crippen LogP contribution is 2.39. The fourth-order valence-electron chi connectivity index (χ4n) is 3.65. The Hall–Kier alpha value is -2.56. The van der Waals surface area contributed by atoms with Crippen molar-refractivity contribution < 1.29 is 23.5 Å². The molecule has 1 aromatic rings. The van der Waals surface area contributed by atoms with E-state index in [0.717, 1.165) is 17.6 Å². The van der Waals surface area contributed by atoms with Crippen LogP contribution in [0, 0.1) is 5.92 Å². The van der Waals surface area contributed by atoms with Crippen molar-refractivity contribution in [2.24, 2.45) is 5.92 Å². The zero-order chi connectivity index (χ0) is 19.0. The number of ether oxygens (including phenoxy) is 2. The van der Waals surface area contributed by atoms with Gasteiger partial charge in [0.1, 0.15) is 23.2 Å². The first kappa shape index (κ1) is 18.2. The lowest BCUT2D eigenvalue weighted by molar-refractivity contribution is -0.140. The molecule has 1 aromatic heterocycles. The summed E-state index contributed by atoms with van der Waals surface area (Å²) in [5.74, 6) is 0.169. The number of hydrogen-bond donors (Lipinski definition) is 0. The molecule has 0 N–H and O–H groups in total. The molecule has 0 saturated carbocycles. The van der Waals surface area contributed by atoms with Gasteiger partial charge in [-0.05, 0) is 44.7 Å². The van der Waals surface area contributed by atoms with Crippen molar-refractivity contribution in [2.45, 2.75) is 45.1 Å². The third-order valence-electron chi connectivity index (χ3n) is 5.16. The Kier molecular flexibility index (Phi) is 4.90. The van der Waals surface area contributed by atoms with E-state index in [2.05, 4.69) is 13.2 Å². The molecule has 0 aromatic carbocycles. The number of rotatable bonds is 3. The van der Waals surface area contributed by atoms with Gasteiger partial charge in [0.15, 0.2) is 0 Å². The minimum Gasteiger partial charge on any atom is -0.465 e. The van der Waals surface area contributed by atoms with Crippen LogP contribution in [0.25, 0.3) is 0 Å². The number of furan rings is 1.